The third-order valence-corrected chi connectivity index (χ3v) is 3.53. The van der Waals surface area contributed by atoms with Gasteiger partial charge in [0.25, 0.3) is 5.69 Å². The largest absolute Gasteiger partial charge is 0.294 e. The Morgan fingerprint density at radius 1 is 1.05 bits per heavy atom. The van der Waals surface area contributed by atoms with Crippen LogP contribution in [-0.4, -0.2) is 10.7 Å². The number of nitro benzene ring substituents is 1. The topological polar surface area (TPSA) is 60.2 Å². The van der Waals surface area contributed by atoms with E-state index in [4.69, 9.17) is 0 Å². The van der Waals surface area contributed by atoms with E-state index in [0.717, 1.165) is 16.7 Å². The number of ketones is 1. The summed E-state index contributed by atoms with van der Waals surface area (Å²) in [5.74, 6) is 0.156. The molecule has 2 aromatic rings. The van der Waals surface area contributed by atoms with Crippen LogP contribution in [-0.2, 0) is 0 Å². The van der Waals surface area contributed by atoms with Gasteiger partial charge in [-0.2, -0.15) is 0 Å². The highest BCUT2D eigenvalue weighted by Gasteiger charge is 2.29. The maximum atomic E-state index is 11.9. The molecule has 0 aliphatic heterocycles. The van der Waals surface area contributed by atoms with Gasteiger partial charge in [0.2, 0.25) is 0 Å². The van der Waals surface area contributed by atoms with Crippen molar-refractivity contribution in [3.8, 4) is 0 Å². The van der Waals surface area contributed by atoms with Gasteiger partial charge < -0.3 is 0 Å². The van der Waals surface area contributed by atoms with Gasteiger partial charge in [0.15, 0.2) is 5.78 Å². The Morgan fingerprint density at radius 3 is 2.42 bits per heavy atom. The fourth-order valence-corrected chi connectivity index (χ4v) is 2.59. The second-order valence-corrected chi connectivity index (χ2v) is 4.62. The summed E-state index contributed by atoms with van der Waals surface area (Å²) in [5.41, 5.74) is 2.80. The minimum absolute atomic E-state index is 0.0181. The SMILES string of the molecule is O=C1CC(c2ccc([N+](=O)[O-])cc2)c2ccccc21. The van der Waals surface area contributed by atoms with Crippen molar-refractivity contribution in [1.29, 1.82) is 0 Å². The molecule has 4 heteroatoms. The molecule has 1 atom stereocenters. The zero-order valence-corrected chi connectivity index (χ0v) is 10.1. The normalized spacial score (nSPS) is 17.3. The maximum absolute atomic E-state index is 11.9. The van der Waals surface area contributed by atoms with E-state index in [1.54, 1.807) is 12.1 Å². The number of hydrogen-bond acceptors (Lipinski definition) is 3. The quantitative estimate of drug-likeness (QED) is 0.609. The second-order valence-electron chi connectivity index (χ2n) is 4.62. The van der Waals surface area contributed by atoms with Crippen LogP contribution in [0.3, 0.4) is 0 Å². The van der Waals surface area contributed by atoms with E-state index in [9.17, 15) is 14.9 Å². The average molecular weight is 253 g/mol. The highest BCUT2D eigenvalue weighted by molar-refractivity contribution is 6.01. The molecule has 1 aliphatic rings. The number of fused-ring (bicyclic) bond motifs is 1. The van der Waals surface area contributed by atoms with E-state index in [2.05, 4.69) is 0 Å². The van der Waals surface area contributed by atoms with Crippen molar-refractivity contribution in [3.63, 3.8) is 0 Å². The number of Topliss-reactive ketones (excluding diaryl/α,β-unsaturated/α-hetero) is 1. The van der Waals surface area contributed by atoms with Crippen LogP contribution in [0.1, 0.15) is 33.8 Å². The van der Waals surface area contributed by atoms with E-state index in [1.165, 1.54) is 12.1 Å². The van der Waals surface area contributed by atoms with Crippen LogP contribution >= 0.6 is 0 Å². The summed E-state index contributed by atoms with van der Waals surface area (Å²) in [7, 11) is 0. The van der Waals surface area contributed by atoms with E-state index >= 15 is 0 Å². The number of nitrogens with zero attached hydrogens (tertiary/aromatic N) is 1. The van der Waals surface area contributed by atoms with Crippen molar-refractivity contribution in [3.05, 3.63) is 75.3 Å². The molecule has 0 fully saturated rings. The summed E-state index contributed by atoms with van der Waals surface area (Å²) >= 11 is 0. The summed E-state index contributed by atoms with van der Waals surface area (Å²) in [5, 5.41) is 10.6. The molecular formula is C15H11NO3. The van der Waals surface area contributed by atoms with Crippen LogP contribution in [0.5, 0.6) is 0 Å². The average Bonchev–Trinajstić information content (AvgIpc) is 2.77. The van der Waals surface area contributed by atoms with Gasteiger partial charge in [-0.3, -0.25) is 14.9 Å². The molecule has 0 amide bonds. The minimum Gasteiger partial charge on any atom is -0.294 e. The number of carbonyl (C=O) groups is 1. The van der Waals surface area contributed by atoms with E-state index in [1.807, 2.05) is 24.3 Å². The monoisotopic (exact) mass is 253 g/mol. The first kappa shape index (κ1) is 11.6. The first-order chi connectivity index (χ1) is 9.16. The third kappa shape index (κ3) is 1.91. The number of benzene rings is 2. The van der Waals surface area contributed by atoms with Crippen LogP contribution in [0.4, 0.5) is 5.69 Å². The lowest BCUT2D eigenvalue weighted by Crippen LogP contribution is -1.97. The molecule has 3 rings (SSSR count). The molecule has 4 nitrogen and oxygen atoms in total. The summed E-state index contributed by atoms with van der Waals surface area (Å²) < 4.78 is 0. The molecule has 0 aromatic heterocycles. The fourth-order valence-electron chi connectivity index (χ4n) is 2.59. The van der Waals surface area contributed by atoms with Crippen LogP contribution in [0.15, 0.2) is 48.5 Å². The molecule has 94 valence electrons. The van der Waals surface area contributed by atoms with Gasteiger partial charge in [-0.15, -0.1) is 0 Å². The van der Waals surface area contributed by atoms with Crippen molar-refractivity contribution < 1.29 is 9.72 Å². The lowest BCUT2D eigenvalue weighted by molar-refractivity contribution is -0.384. The van der Waals surface area contributed by atoms with Gasteiger partial charge in [0.05, 0.1) is 4.92 Å². The Hall–Kier alpha value is -2.49. The number of rotatable bonds is 2. The van der Waals surface area contributed by atoms with Crippen LogP contribution < -0.4 is 0 Å². The molecule has 0 saturated heterocycles. The van der Waals surface area contributed by atoms with Crippen LogP contribution in [0.2, 0.25) is 0 Å². The molecule has 0 bridgehead atoms. The number of carbonyl (C=O) groups excluding carboxylic acids is 1. The van der Waals surface area contributed by atoms with Gasteiger partial charge in [0, 0.05) is 30.0 Å². The molecule has 1 aliphatic carbocycles. The number of hydrogen-bond donors (Lipinski definition) is 0. The molecule has 0 heterocycles. The highest BCUT2D eigenvalue weighted by Crippen LogP contribution is 2.38. The van der Waals surface area contributed by atoms with Gasteiger partial charge in [0.1, 0.15) is 0 Å². The second kappa shape index (κ2) is 4.31. The van der Waals surface area contributed by atoms with Crippen LogP contribution in [0, 0.1) is 10.1 Å². The Kier molecular flexibility index (Phi) is 2.63. The molecule has 0 saturated carbocycles. The van der Waals surface area contributed by atoms with E-state index in [0.29, 0.717) is 6.42 Å². The predicted molar refractivity (Wildman–Crippen MR) is 70.3 cm³/mol. The van der Waals surface area contributed by atoms with Crippen molar-refractivity contribution >= 4 is 11.5 Å². The third-order valence-electron chi connectivity index (χ3n) is 3.53. The molecule has 0 radical (unpaired) electrons. The standard InChI is InChI=1S/C15H11NO3/c17-15-9-14(12-3-1-2-4-13(12)15)10-5-7-11(8-6-10)16(18)19/h1-8,14H,9H2. The van der Waals surface area contributed by atoms with Gasteiger partial charge >= 0.3 is 0 Å². The highest BCUT2D eigenvalue weighted by atomic mass is 16.6. The Balaban J connectivity index is 2.00. The van der Waals surface area contributed by atoms with E-state index < -0.39 is 4.92 Å². The molecule has 1 unspecified atom stereocenters. The summed E-state index contributed by atoms with van der Waals surface area (Å²) in [6.45, 7) is 0. The lowest BCUT2D eigenvalue weighted by atomic mass is 9.93. The molecule has 0 N–H and O–H groups in total. The molecule has 19 heavy (non-hydrogen) atoms. The lowest BCUT2D eigenvalue weighted by Gasteiger charge is -2.10. The zero-order valence-electron chi connectivity index (χ0n) is 10.1. The first-order valence-corrected chi connectivity index (χ1v) is 6.03. The van der Waals surface area contributed by atoms with E-state index in [-0.39, 0.29) is 17.4 Å². The molecule has 2 aromatic carbocycles. The predicted octanol–water partition coefficient (Wildman–Crippen LogP) is 3.31. The number of nitro groups is 1. The first-order valence-electron chi connectivity index (χ1n) is 6.03. The van der Waals surface area contributed by atoms with Crippen molar-refractivity contribution in [1.82, 2.24) is 0 Å². The minimum atomic E-state index is -0.419. The van der Waals surface area contributed by atoms with Gasteiger partial charge in [-0.05, 0) is 11.1 Å². The van der Waals surface area contributed by atoms with Crippen LogP contribution in [0.25, 0.3) is 0 Å². The summed E-state index contributed by atoms with van der Waals surface area (Å²) in [4.78, 5) is 22.1. The van der Waals surface area contributed by atoms with Crippen molar-refractivity contribution in [2.24, 2.45) is 0 Å². The molecule has 0 spiro atoms. The van der Waals surface area contributed by atoms with Gasteiger partial charge in [-0.25, -0.2) is 0 Å². The van der Waals surface area contributed by atoms with Gasteiger partial charge in [-0.1, -0.05) is 36.4 Å². The Labute approximate surface area is 109 Å². The van der Waals surface area contributed by atoms with Crippen molar-refractivity contribution in [2.45, 2.75) is 12.3 Å². The Bertz CT molecular complexity index is 661. The fraction of sp³-hybridized carbons (Fsp3) is 0.133. The Morgan fingerprint density at radius 2 is 1.74 bits per heavy atom. The summed E-state index contributed by atoms with van der Waals surface area (Å²) in [6, 6.07) is 14.0. The molecular weight excluding hydrogens is 242 g/mol. The maximum Gasteiger partial charge on any atom is 0.269 e. The smallest absolute Gasteiger partial charge is 0.269 e. The van der Waals surface area contributed by atoms with Crippen molar-refractivity contribution in [2.75, 3.05) is 0 Å². The summed E-state index contributed by atoms with van der Waals surface area (Å²) in [6.07, 6.45) is 0.442. The zero-order chi connectivity index (χ0) is 13.4. The number of non-ortho nitro benzene ring substituents is 1.